The molecule has 10 heteroatoms. The van der Waals surface area contributed by atoms with Gasteiger partial charge in [-0.25, -0.2) is 13.2 Å². The monoisotopic (exact) mass is 492 g/mol. The fourth-order valence-corrected chi connectivity index (χ4v) is 6.73. The molecule has 0 radical (unpaired) electrons. The third-order valence-electron chi connectivity index (χ3n) is 4.39. The summed E-state index contributed by atoms with van der Waals surface area (Å²) in [6.07, 6.45) is 0. The van der Waals surface area contributed by atoms with Crippen LogP contribution in [0.1, 0.15) is 11.6 Å². The highest BCUT2D eigenvalue weighted by Gasteiger charge is 2.35. The Kier molecular flexibility index (Phi) is 6.60. The van der Waals surface area contributed by atoms with E-state index < -0.39 is 16.1 Å². The second-order valence-corrected chi connectivity index (χ2v) is 11.0. The molecule has 1 aromatic heterocycles. The SMILES string of the molecule is COC(=O)[C@H](c1ccc(Cl)cc1)N1CCN(S(=O)(=O)c2ccc(Br)s2)CC1. The first-order valence-electron chi connectivity index (χ1n) is 8.16. The summed E-state index contributed by atoms with van der Waals surface area (Å²) in [6.45, 7) is 1.46. The molecule has 2 aromatic rings. The van der Waals surface area contributed by atoms with Crippen LogP contribution in [0.3, 0.4) is 0 Å². The van der Waals surface area contributed by atoms with Gasteiger partial charge in [0.2, 0.25) is 0 Å². The van der Waals surface area contributed by atoms with E-state index in [4.69, 9.17) is 16.3 Å². The molecule has 1 aromatic carbocycles. The summed E-state index contributed by atoms with van der Waals surface area (Å²) in [5.41, 5.74) is 0.768. The Balaban J connectivity index is 1.76. The van der Waals surface area contributed by atoms with Crippen molar-refractivity contribution in [3.63, 3.8) is 0 Å². The predicted octanol–water partition coefficient (Wildman–Crippen LogP) is 3.38. The molecule has 0 aliphatic carbocycles. The van der Waals surface area contributed by atoms with Crippen LogP contribution in [-0.2, 0) is 19.6 Å². The number of thiophene rings is 1. The van der Waals surface area contributed by atoms with Gasteiger partial charge >= 0.3 is 5.97 Å². The van der Waals surface area contributed by atoms with E-state index in [0.717, 1.165) is 9.35 Å². The molecule has 146 valence electrons. The molecule has 1 fully saturated rings. The van der Waals surface area contributed by atoms with Gasteiger partial charge in [0, 0.05) is 31.2 Å². The van der Waals surface area contributed by atoms with Crippen molar-refractivity contribution < 1.29 is 17.9 Å². The van der Waals surface area contributed by atoms with E-state index in [1.54, 1.807) is 36.4 Å². The summed E-state index contributed by atoms with van der Waals surface area (Å²) in [4.78, 5) is 14.3. The minimum absolute atomic E-state index is 0.305. The summed E-state index contributed by atoms with van der Waals surface area (Å²) in [5.74, 6) is -0.379. The lowest BCUT2D eigenvalue weighted by Gasteiger charge is -2.37. The number of piperazine rings is 1. The van der Waals surface area contributed by atoms with Gasteiger partial charge in [0.1, 0.15) is 10.3 Å². The van der Waals surface area contributed by atoms with E-state index in [1.807, 2.05) is 4.90 Å². The van der Waals surface area contributed by atoms with E-state index >= 15 is 0 Å². The van der Waals surface area contributed by atoms with E-state index in [2.05, 4.69) is 15.9 Å². The highest BCUT2D eigenvalue weighted by Crippen LogP contribution is 2.30. The largest absolute Gasteiger partial charge is 0.468 e. The molecule has 1 atom stereocenters. The molecule has 0 saturated carbocycles. The van der Waals surface area contributed by atoms with Crippen molar-refractivity contribution in [2.24, 2.45) is 0 Å². The van der Waals surface area contributed by atoms with Gasteiger partial charge in [-0.3, -0.25) is 4.90 Å². The number of nitrogens with zero attached hydrogens (tertiary/aromatic N) is 2. The van der Waals surface area contributed by atoms with Gasteiger partial charge in [0.15, 0.2) is 0 Å². The third-order valence-corrected chi connectivity index (χ3v) is 8.63. The van der Waals surface area contributed by atoms with Crippen LogP contribution in [0.5, 0.6) is 0 Å². The van der Waals surface area contributed by atoms with Crippen LogP contribution in [-0.4, -0.2) is 56.9 Å². The highest BCUT2D eigenvalue weighted by atomic mass is 79.9. The molecule has 1 aliphatic heterocycles. The maximum absolute atomic E-state index is 12.8. The van der Waals surface area contributed by atoms with Gasteiger partial charge < -0.3 is 4.74 Å². The number of esters is 1. The number of benzene rings is 1. The average Bonchev–Trinajstić information content (AvgIpc) is 3.11. The quantitative estimate of drug-likeness (QED) is 0.597. The number of hydrogen-bond acceptors (Lipinski definition) is 6. The van der Waals surface area contributed by atoms with Crippen LogP contribution >= 0.6 is 38.9 Å². The van der Waals surface area contributed by atoms with E-state index in [9.17, 15) is 13.2 Å². The number of carbonyl (C=O) groups is 1. The minimum atomic E-state index is -3.52. The number of hydrogen-bond donors (Lipinski definition) is 0. The predicted molar refractivity (Wildman–Crippen MR) is 109 cm³/mol. The molecule has 0 amide bonds. The van der Waals surface area contributed by atoms with Crippen molar-refractivity contribution in [1.82, 2.24) is 9.21 Å². The standard InChI is InChI=1S/C17H18BrClN2O4S2/c1-25-17(22)16(12-2-4-13(19)5-3-12)20-8-10-21(11-9-20)27(23,24)15-7-6-14(18)26-15/h2-7,16H,8-11H2,1H3/t16-/m0/s1. The van der Waals surface area contributed by atoms with E-state index in [0.29, 0.717) is 35.4 Å². The normalized spacial score (nSPS) is 17.6. The maximum Gasteiger partial charge on any atom is 0.327 e. The molecule has 3 rings (SSSR count). The van der Waals surface area contributed by atoms with Crippen molar-refractivity contribution in [1.29, 1.82) is 0 Å². The molecular formula is C17H18BrClN2O4S2. The minimum Gasteiger partial charge on any atom is -0.468 e. The zero-order chi connectivity index (χ0) is 19.6. The Labute approximate surface area is 175 Å². The van der Waals surface area contributed by atoms with Crippen molar-refractivity contribution >= 4 is 54.9 Å². The van der Waals surface area contributed by atoms with Crippen LogP contribution in [0.4, 0.5) is 0 Å². The fourth-order valence-electron chi connectivity index (χ4n) is 3.02. The number of methoxy groups -OCH3 is 1. The summed E-state index contributed by atoms with van der Waals surface area (Å²) >= 11 is 10.4. The molecule has 0 unspecified atom stereocenters. The topological polar surface area (TPSA) is 66.9 Å². The number of rotatable bonds is 5. The van der Waals surface area contributed by atoms with Crippen LogP contribution < -0.4 is 0 Å². The summed E-state index contributed by atoms with van der Waals surface area (Å²) in [5, 5.41) is 0.584. The van der Waals surface area contributed by atoms with Gasteiger partial charge in [-0.1, -0.05) is 23.7 Å². The van der Waals surface area contributed by atoms with E-state index in [1.165, 1.54) is 22.8 Å². The van der Waals surface area contributed by atoms with Crippen molar-refractivity contribution in [2.45, 2.75) is 10.3 Å². The summed E-state index contributed by atoms with van der Waals surface area (Å²) in [7, 11) is -2.18. The van der Waals surface area contributed by atoms with Gasteiger partial charge in [0.25, 0.3) is 10.0 Å². The maximum atomic E-state index is 12.8. The molecule has 0 spiro atoms. The first-order chi connectivity index (χ1) is 12.8. The number of halogens is 2. The van der Waals surface area contributed by atoms with E-state index in [-0.39, 0.29) is 5.97 Å². The second-order valence-electron chi connectivity index (χ2n) is 5.98. The first-order valence-corrected chi connectivity index (χ1v) is 11.6. The van der Waals surface area contributed by atoms with Gasteiger partial charge in [0.05, 0.1) is 10.9 Å². The highest BCUT2D eigenvalue weighted by molar-refractivity contribution is 9.11. The molecule has 0 N–H and O–H groups in total. The second kappa shape index (κ2) is 8.59. The molecule has 2 heterocycles. The van der Waals surface area contributed by atoms with Crippen LogP contribution in [0.25, 0.3) is 0 Å². The molecule has 0 bridgehead atoms. The molecule has 6 nitrogen and oxygen atoms in total. The zero-order valence-corrected chi connectivity index (χ0v) is 18.4. The van der Waals surface area contributed by atoms with Gasteiger partial charge in [-0.05, 0) is 45.8 Å². The van der Waals surface area contributed by atoms with Crippen molar-refractivity contribution in [2.75, 3.05) is 33.3 Å². The lowest BCUT2D eigenvalue weighted by molar-refractivity contribution is -0.147. The average molecular weight is 494 g/mol. The van der Waals surface area contributed by atoms with Crippen LogP contribution in [0, 0.1) is 0 Å². The van der Waals surface area contributed by atoms with Crippen LogP contribution in [0.15, 0.2) is 44.4 Å². The Morgan fingerprint density at radius 1 is 1.15 bits per heavy atom. The lowest BCUT2D eigenvalue weighted by atomic mass is 10.0. The molecule has 1 saturated heterocycles. The molecule has 1 aliphatic rings. The lowest BCUT2D eigenvalue weighted by Crippen LogP contribution is -2.50. The molecular weight excluding hydrogens is 476 g/mol. The van der Waals surface area contributed by atoms with Gasteiger partial charge in [-0.2, -0.15) is 4.31 Å². The van der Waals surface area contributed by atoms with Crippen molar-refractivity contribution in [3.8, 4) is 0 Å². The number of sulfonamides is 1. The van der Waals surface area contributed by atoms with Gasteiger partial charge in [-0.15, -0.1) is 11.3 Å². The summed E-state index contributed by atoms with van der Waals surface area (Å²) in [6, 6.07) is 9.76. The Bertz CT molecular complexity index is 909. The third kappa shape index (κ3) is 4.55. The van der Waals surface area contributed by atoms with Crippen LogP contribution in [0.2, 0.25) is 5.02 Å². The first kappa shape index (κ1) is 20.8. The Morgan fingerprint density at radius 2 is 1.78 bits per heavy atom. The summed E-state index contributed by atoms with van der Waals surface area (Å²) < 4.78 is 33.0. The number of carbonyl (C=O) groups excluding carboxylic acids is 1. The van der Waals surface area contributed by atoms with Crippen molar-refractivity contribution in [3.05, 3.63) is 50.8 Å². The Morgan fingerprint density at radius 3 is 2.30 bits per heavy atom. The Hall–Kier alpha value is -0.970. The number of ether oxygens (including phenoxy) is 1. The smallest absolute Gasteiger partial charge is 0.327 e. The fraction of sp³-hybridized carbons (Fsp3) is 0.353. The zero-order valence-electron chi connectivity index (χ0n) is 14.5. The molecule has 27 heavy (non-hydrogen) atoms.